The summed E-state index contributed by atoms with van der Waals surface area (Å²) in [7, 11) is 0. The van der Waals surface area contributed by atoms with E-state index in [0.29, 0.717) is 37.3 Å². The van der Waals surface area contributed by atoms with E-state index in [1.807, 2.05) is 0 Å². The minimum absolute atomic E-state index is 0.126. The Bertz CT molecular complexity index is 804. The molecule has 0 saturated carbocycles. The molecule has 1 aliphatic rings. The van der Waals surface area contributed by atoms with Crippen LogP contribution < -0.4 is 15.7 Å². The topological polar surface area (TPSA) is 134 Å². The largest absolute Gasteiger partial charge is 0.378 e. The second-order valence-electron chi connectivity index (χ2n) is 6.54. The lowest BCUT2D eigenvalue weighted by Gasteiger charge is -2.27. The van der Waals surface area contributed by atoms with Crippen molar-refractivity contribution in [1.29, 1.82) is 0 Å². The molecule has 0 bridgehead atoms. The van der Waals surface area contributed by atoms with Crippen LogP contribution in [0.3, 0.4) is 0 Å². The summed E-state index contributed by atoms with van der Waals surface area (Å²) in [5.74, 6) is 0.243. The molecular weight excluding hydrogens is 366 g/mol. The van der Waals surface area contributed by atoms with Gasteiger partial charge in [0.1, 0.15) is 12.9 Å². The lowest BCUT2D eigenvalue weighted by atomic mass is 10.2. The summed E-state index contributed by atoms with van der Waals surface area (Å²) in [6.45, 7) is 3.46. The molecule has 1 fully saturated rings. The summed E-state index contributed by atoms with van der Waals surface area (Å²) < 4.78 is 7.09. The van der Waals surface area contributed by atoms with Gasteiger partial charge in [-0.3, -0.25) is 14.8 Å². The Balaban J connectivity index is 1.50. The van der Waals surface area contributed by atoms with Crippen LogP contribution in [0.15, 0.2) is 12.7 Å². The minimum atomic E-state index is -0.394. The molecule has 0 aromatic carbocycles. The first-order valence-corrected chi connectivity index (χ1v) is 9.37. The monoisotopic (exact) mass is 391 g/mol. The van der Waals surface area contributed by atoms with E-state index in [1.165, 1.54) is 6.33 Å². The summed E-state index contributed by atoms with van der Waals surface area (Å²) in [5, 5.41) is 11.3. The van der Waals surface area contributed by atoms with Gasteiger partial charge in [-0.05, 0) is 12.8 Å². The third kappa shape index (κ3) is 5.14. The van der Waals surface area contributed by atoms with E-state index in [2.05, 4.69) is 25.2 Å². The number of fused-ring (bicyclic) bond motifs is 1. The number of carbonyl (C=O) groups excluding carboxylic acids is 2. The average molecular weight is 391 g/mol. The van der Waals surface area contributed by atoms with Crippen molar-refractivity contribution >= 4 is 28.8 Å². The molecule has 0 atom stereocenters. The summed E-state index contributed by atoms with van der Waals surface area (Å²) in [4.78, 5) is 38.3. The van der Waals surface area contributed by atoms with Crippen LogP contribution >= 0.6 is 0 Å². The molecule has 2 aromatic heterocycles. The predicted octanol–water partition coefficient (Wildman–Crippen LogP) is -0.155. The van der Waals surface area contributed by atoms with Crippen LogP contribution in [0, 0.1) is 0 Å². The zero-order chi connectivity index (χ0) is 19.8. The number of aromatic nitrogens is 4. The van der Waals surface area contributed by atoms with Gasteiger partial charge in [0.05, 0.1) is 19.5 Å². The van der Waals surface area contributed by atoms with Gasteiger partial charge in [-0.15, -0.1) is 0 Å². The third-order valence-electron chi connectivity index (χ3n) is 4.53. The van der Waals surface area contributed by atoms with Crippen LogP contribution in [0.25, 0.3) is 11.2 Å². The first kappa shape index (κ1) is 20.0. The molecule has 0 unspecified atom stereocenters. The highest BCUT2D eigenvalue weighted by Gasteiger charge is 2.19. The number of hydrogen-bond acceptors (Lipinski definition) is 8. The molecule has 3 N–H and O–H groups in total. The van der Waals surface area contributed by atoms with Crippen molar-refractivity contribution in [2.45, 2.75) is 32.2 Å². The van der Waals surface area contributed by atoms with Gasteiger partial charge in [-0.1, -0.05) is 6.42 Å². The maximum atomic E-state index is 12.2. The number of anilines is 1. The van der Waals surface area contributed by atoms with Crippen molar-refractivity contribution < 1.29 is 19.5 Å². The highest BCUT2D eigenvalue weighted by atomic mass is 16.5. The second-order valence-corrected chi connectivity index (χ2v) is 6.54. The molecule has 0 spiro atoms. The fourth-order valence-corrected chi connectivity index (χ4v) is 3.07. The third-order valence-corrected chi connectivity index (χ3v) is 4.53. The molecular formula is C17H25N7O4. The van der Waals surface area contributed by atoms with Crippen LogP contribution in [0.5, 0.6) is 0 Å². The number of nitrogens with zero attached hydrogens (tertiary/aromatic N) is 5. The predicted molar refractivity (Wildman–Crippen MR) is 99.8 cm³/mol. The summed E-state index contributed by atoms with van der Waals surface area (Å²) in [5.41, 5.74) is 2.91. The summed E-state index contributed by atoms with van der Waals surface area (Å²) >= 11 is 0. The number of imidazole rings is 1. The van der Waals surface area contributed by atoms with Crippen molar-refractivity contribution in [3.63, 3.8) is 0 Å². The standard InChI is InChI=1S/C17H25N7O4/c25-13(22-27)4-2-1-3-5-18-14(26)10-24-12-21-15-16(19-11-20-17(15)24)23-6-8-28-9-7-23/h11-12,27H,1-10H2,(H,18,26)(H,22,25). The molecule has 3 heterocycles. The van der Waals surface area contributed by atoms with Gasteiger partial charge in [-0.25, -0.2) is 20.4 Å². The zero-order valence-electron chi connectivity index (χ0n) is 15.6. The Kier molecular flexibility index (Phi) is 7.09. The number of hydrogen-bond donors (Lipinski definition) is 3. The molecule has 152 valence electrons. The molecule has 1 aliphatic heterocycles. The highest BCUT2D eigenvalue weighted by Crippen LogP contribution is 2.22. The SMILES string of the molecule is O=C(CCCCCNC(=O)Cn1cnc2c(N3CCOCC3)ncnc21)NO. The zero-order valence-corrected chi connectivity index (χ0v) is 15.6. The van der Waals surface area contributed by atoms with E-state index in [9.17, 15) is 9.59 Å². The highest BCUT2D eigenvalue weighted by molar-refractivity contribution is 5.85. The number of ether oxygens (including phenoxy) is 1. The minimum Gasteiger partial charge on any atom is -0.378 e. The van der Waals surface area contributed by atoms with Crippen molar-refractivity contribution in [2.75, 3.05) is 37.7 Å². The van der Waals surface area contributed by atoms with Gasteiger partial charge in [0, 0.05) is 26.1 Å². The molecule has 2 aromatic rings. The maximum absolute atomic E-state index is 12.2. The smallest absolute Gasteiger partial charge is 0.243 e. The van der Waals surface area contributed by atoms with Crippen LogP contribution in [0.4, 0.5) is 5.82 Å². The Morgan fingerprint density at radius 2 is 1.93 bits per heavy atom. The summed E-state index contributed by atoms with van der Waals surface area (Å²) in [6.07, 6.45) is 5.59. The van der Waals surface area contributed by atoms with E-state index >= 15 is 0 Å². The van der Waals surface area contributed by atoms with E-state index in [0.717, 1.165) is 31.7 Å². The molecule has 28 heavy (non-hydrogen) atoms. The average Bonchev–Trinajstić information content (AvgIpc) is 3.13. The van der Waals surface area contributed by atoms with Gasteiger partial charge >= 0.3 is 0 Å². The van der Waals surface area contributed by atoms with Crippen LogP contribution in [0.1, 0.15) is 25.7 Å². The first-order chi connectivity index (χ1) is 13.7. The number of hydroxylamine groups is 1. The number of unbranched alkanes of at least 4 members (excludes halogenated alkanes) is 2. The van der Waals surface area contributed by atoms with Gasteiger partial charge in [-0.2, -0.15) is 0 Å². The number of nitrogens with one attached hydrogen (secondary N) is 2. The fourth-order valence-electron chi connectivity index (χ4n) is 3.07. The Morgan fingerprint density at radius 1 is 1.11 bits per heavy atom. The van der Waals surface area contributed by atoms with E-state index in [-0.39, 0.29) is 18.9 Å². The van der Waals surface area contributed by atoms with E-state index in [1.54, 1.807) is 16.4 Å². The van der Waals surface area contributed by atoms with Crippen molar-refractivity contribution in [3.05, 3.63) is 12.7 Å². The lowest BCUT2D eigenvalue weighted by Crippen LogP contribution is -2.37. The fraction of sp³-hybridized carbons (Fsp3) is 0.588. The second kappa shape index (κ2) is 9.95. The van der Waals surface area contributed by atoms with Gasteiger partial charge in [0.15, 0.2) is 17.0 Å². The molecule has 3 rings (SSSR count). The number of amides is 2. The normalized spacial score (nSPS) is 14.2. The summed E-state index contributed by atoms with van der Waals surface area (Å²) in [6, 6.07) is 0. The quantitative estimate of drug-likeness (QED) is 0.305. The van der Waals surface area contributed by atoms with Crippen molar-refractivity contribution in [2.24, 2.45) is 0 Å². The van der Waals surface area contributed by atoms with Gasteiger partial charge in [0.2, 0.25) is 11.8 Å². The van der Waals surface area contributed by atoms with Crippen molar-refractivity contribution in [3.8, 4) is 0 Å². The number of rotatable bonds is 9. The van der Waals surface area contributed by atoms with Crippen LogP contribution in [0.2, 0.25) is 0 Å². The first-order valence-electron chi connectivity index (χ1n) is 9.37. The van der Waals surface area contributed by atoms with Gasteiger partial charge in [0.25, 0.3) is 0 Å². The Hall–Kier alpha value is -2.79. The van der Waals surface area contributed by atoms with E-state index < -0.39 is 5.91 Å². The Labute approximate surface area is 162 Å². The number of morpholine rings is 1. The van der Waals surface area contributed by atoms with Crippen LogP contribution in [-0.2, 0) is 20.9 Å². The molecule has 0 aliphatic carbocycles. The molecule has 1 saturated heterocycles. The molecule has 0 radical (unpaired) electrons. The van der Waals surface area contributed by atoms with Crippen molar-refractivity contribution in [1.82, 2.24) is 30.3 Å². The maximum Gasteiger partial charge on any atom is 0.243 e. The molecule has 11 nitrogen and oxygen atoms in total. The van der Waals surface area contributed by atoms with Crippen LogP contribution in [-0.4, -0.2) is 69.4 Å². The molecule has 2 amide bonds. The molecule has 11 heteroatoms. The number of carbonyl (C=O) groups is 2. The van der Waals surface area contributed by atoms with E-state index in [4.69, 9.17) is 9.94 Å². The Morgan fingerprint density at radius 3 is 2.71 bits per heavy atom. The van der Waals surface area contributed by atoms with Gasteiger partial charge < -0.3 is 19.5 Å². The lowest BCUT2D eigenvalue weighted by molar-refractivity contribution is -0.129.